The first kappa shape index (κ1) is 13.1. The predicted molar refractivity (Wildman–Crippen MR) is 64.3 cm³/mol. The van der Waals surface area contributed by atoms with Crippen LogP contribution < -0.4 is 5.32 Å². The quantitative estimate of drug-likeness (QED) is 0.679. The van der Waals surface area contributed by atoms with Crippen LogP contribution in [0, 0.1) is 11.8 Å². The van der Waals surface area contributed by atoms with Crippen molar-refractivity contribution in [3.8, 4) is 0 Å². The van der Waals surface area contributed by atoms with Gasteiger partial charge in [0.15, 0.2) is 0 Å². The molecule has 6 nitrogen and oxygen atoms in total. The normalized spacial score (nSPS) is 23.1. The van der Waals surface area contributed by atoms with Crippen molar-refractivity contribution in [2.75, 3.05) is 32.8 Å². The number of hydrogen-bond donors (Lipinski definition) is 2. The summed E-state index contributed by atoms with van der Waals surface area (Å²) >= 11 is 0. The molecule has 0 aromatic heterocycles. The van der Waals surface area contributed by atoms with Crippen molar-refractivity contribution in [2.24, 2.45) is 11.8 Å². The number of nitrogens with one attached hydrogen (secondary N) is 1. The zero-order chi connectivity index (χ0) is 13.0. The number of aliphatic carboxylic acids is 1. The fraction of sp³-hybridized carbons (Fsp3) is 0.833. The number of hydrogen-bond acceptors (Lipinski definition) is 3. The Morgan fingerprint density at radius 2 is 2.11 bits per heavy atom. The molecule has 1 atom stereocenters. The maximum absolute atomic E-state index is 11.7. The van der Waals surface area contributed by atoms with Crippen LogP contribution in [0.5, 0.6) is 0 Å². The summed E-state index contributed by atoms with van der Waals surface area (Å²) in [6.07, 6.45) is 3.06. The van der Waals surface area contributed by atoms with Gasteiger partial charge in [-0.1, -0.05) is 0 Å². The van der Waals surface area contributed by atoms with Gasteiger partial charge in [0.25, 0.3) is 0 Å². The van der Waals surface area contributed by atoms with Gasteiger partial charge in [0, 0.05) is 26.2 Å². The Morgan fingerprint density at radius 3 is 2.72 bits per heavy atom. The van der Waals surface area contributed by atoms with Gasteiger partial charge in [-0.15, -0.1) is 0 Å². The highest BCUT2D eigenvalue weighted by Crippen LogP contribution is 2.28. The van der Waals surface area contributed by atoms with E-state index in [9.17, 15) is 9.59 Å². The van der Waals surface area contributed by atoms with Gasteiger partial charge in [-0.2, -0.15) is 0 Å². The first-order chi connectivity index (χ1) is 8.66. The van der Waals surface area contributed by atoms with Crippen molar-refractivity contribution in [3.05, 3.63) is 0 Å². The van der Waals surface area contributed by atoms with Crippen molar-refractivity contribution in [2.45, 2.75) is 19.3 Å². The number of amides is 2. The SMILES string of the molecule is O=C(O)C1CCN(C(=O)NCCOCC2CC2)C1. The third-order valence-corrected chi connectivity index (χ3v) is 3.40. The summed E-state index contributed by atoms with van der Waals surface area (Å²) in [7, 11) is 0. The number of urea groups is 1. The molecule has 1 aliphatic carbocycles. The first-order valence-corrected chi connectivity index (χ1v) is 6.50. The molecule has 18 heavy (non-hydrogen) atoms. The van der Waals surface area contributed by atoms with E-state index in [0.717, 1.165) is 12.5 Å². The van der Waals surface area contributed by atoms with Crippen LogP contribution in [0.15, 0.2) is 0 Å². The molecular formula is C12H20N2O4. The molecule has 0 aromatic rings. The number of ether oxygens (including phenoxy) is 1. The molecule has 2 aliphatic rings. The standard InChI is InChI=1S/C12H20N2O4/c15-11(16)10-3-5-14(7-10)12(17)13-4-6-18-8-9-1-2-9/h9-10H,1-8H2,(H,13,17)(H,15,16). The Kier molecular flexibility index (Phi) is 4.41. The number of likely N-dealkylation sites (tertiary alicyclic amines) is 1. The van der Waals surface area contributed by atoms with Gasteiger partial charge >= 0.3 is 12.0 Å². The molecule has 0 aromatic carbocycles. The summed E-state index contributed by atoms with van der Waals surface area (Å²) in [5.41, 5.74) is 0. The van der Waals surface area contributed by atoms with Crippen LogP contribution in [0.4, 0.5) is 4.79 Å². The van der Waals surface area contributed by atoms with Crippen molar-refractivity contribution in [3.63, 3.8) is 0 Å². The van der Waals surface area contributed by atoms with E-state index < -0.39 is 11.9 Å². The molecule has 2 N–H and O–H groups in total. The number of carboxylic acid groups (broad SMARTS) is 1. The van der Waals surface area contributed by atoms with Crippen LogP contribution in [0.1, 0.15) is 19.3 Å². The third kappa shape index (κ3) is 3.87. The molecule has 1 heterocycles. The number of carbonyl (C=O) groups is 2. The van der Waals surface area contributed by atoms with Gasteiger partial charge in [0.05, 0.1) is 12.5 Å². The number of carbonyl (C=O) groups excluding carboxylic acids is 1. The van der Waals surface area contributed by atoms with Gasteiger partial charge in [0.2, 0.25) is 0 Å². The first-order valence-electron chi connectivity index (χ1n) is 6.50. The maximum Gasteiger partial charge on any atom is 0.317 e. The summed E-state index contributed by atoms with van der Waals surface area (Å²) in [4.78, 5) is 24.0. The fourth-order valence-electron chi connectivity index (χ4n) is 2.02. The largest absolute Gasteiger partial charge is 0.481 e. The van der Waals surface area contributed by atoms with E-state index in [-0.39, 0.29) is 6.03 Å². The summed E-state index contributed by atoms with van der Waals surface area (Å²) in [6, 6.07) is -0.186. The summed E-state index contributed by atoms with van der Waals surface area (Å²) in [6.45, 7) is 2.63. The molecule has 0 spiro atoms. The van der Waals surface area contributed by atoms with Gasteiger partial charge in [-0.3, -0.25) is 4.79 Å². The Morgan fingerprint density at radius 1 is 1.33 bits per heavy atom. The predicted octanol–water partition coefficient (Wildman–Crippen LogP) is 0.529. The van der Waals surface area contributed by atoms with Crippen LogP contribution in [-0.2, 0) is 9.53 Å². The highest BCUT2D eigenvalue weighted by Gasteiger charge is 2.30. The lowest BCUT2D eigenvalue weighted by molar-refractivity contribution is -0.141. The molecule has 2 rings (SSSR count). The maximum atomic E-state index is 11.7. The molecule has 1 unspecified atom stereocenters. The Labute approximate surface area is 106 Å². The molecule has 0 bridgehead atoms. The second kappa shape index (κ2) is 6.04. The average Bonchev–Trinajstić information content (AvgIpc) is 3.02. The summed E-state index contributed by atoms with van der Waals surface area (Å²) in [5.74, 6) is -0.504. The topological polar surface area (TPSA) is 78.9 Å². The molecule has 1 saturated carbocycles. The third-order valence-electron chi connectivity index (χ3n) is 3.40. The lowest BCUT2D eigenvalue weighted by atomic mass is 10.1. The minimum absolute atomic E-state index is 0.186. The van der Waals surface area contributed by atoms with Crippen LogP contribution in [0.25, 0.3) is 0 Å². The van der Waals surface area contributed by atoms with Crippen LogP contribution in [0.2, 0.25) is 0 Å². The van der Waals surface area contributed by atoms with E-state index in [1.54, 1.807) is 4.90 Å². The molecule has 1 saturated heterocycles. The van der Waals surface area contributed by atoms with E-state index in [2.05, 4.69) is 5.32 Å². The van der Waals surface area contributed by atoms with Gasteiger partial charge in [-0.05, 0) is 25.2 Å². The molecule has 2 fully saturated rings. The van der Waals surface area contributed by atoms with E-state index in [4.69, 9.17) is 9.84 Å². The smallest absolute Gasteiger partial charge is 0.317 e. The molecule has 6 heteroatoms. The number of nitrogens with zero attached hydrogens (tertiary/aromatic N) is 1. The number of carboxylic acids is 1. The summed E-state index contributed by atoms with van der Waals surface area (Å²) < 4.78 is 5.40. The average molecular weight is 256 g/mol. The van der Waals surface area contributed by atoms with E-state index in [1.807, 2.05) is 0 Å². The molecular weight excluding hydrogens is 236 g/mol. The lowest BCUT2D eigenvalue weighted by Gasteiger charge is -2.16. The van der Waals surface area contributed by atoms with E-state index in [0.29, 0.717) is 32.7 Å². The van der Waals surface area contributed by atoms with Gasteiger partial charge < -0.3 is 20.1 Å². The second-order valence-electron chi connectivity index (χ2n) is 5.02. The number of rotatable bonds is 6. The zero-order valence-corrected chi connectivity index (χ0v) is 10.4. The molecule has 2 amide bonds. The molecule has 102 valence electrons. The van der Waals surface area contributed by atoms with Crippen molar-refractivity contribution < 1.29 is 19.4 Å². The van der Waals surface area contributed by atoms with Crippen LogP contribution in [0.3, 0.4) is 0 Å². The highest BCUT2D eigenvalue weighted by molar-refractivity contribution is 5.77. The van der Waals surface area contributed by atoms with Gasteiger partial charge in [-0.25, -0.2) is 4.79 Å². The van der Waals surface area contributed by atoms with E-state index in [1.165, 1.54) is 12.8 Å². The summed E-state index contributed by atoms with van der Waals surface area (Å²) in [5, 5.41) is 11.6. The monoisotopic (exact) mass is 256 g/mol. The minimum Gasteiger partial charge on any atom is -0.481 e. The highest BCUT2D eigenvalue weighted by atomic mass is 16.5. The van der Waals surface area contributed by atoms with Crippen molar-refractivity contribution in [1.29, 1.82) is 0 Å². The Hall–Kier alpha value is -1.30. The van der Waals surface area contributed by atoms with Crippen molar-refractivity contribution in [1.82, 2.24) is 10.2 Å². The van der Waals surface area contributed by atoms with Crippen molar-refractivity contribution >= 4 is 12.0 Å². The van der Waals surface area contributed by atoms with Crippen LogP contribution in [-0.4, -0.2) is 54.9 Å². The molecule has 1 aliphatic heterocycles. The van der Waals surface area contributed by atoms with Gasteiger partial charge in [0.1, 0.15) is 0 Å². The lowest BCUT2D eigenvalue weighted by Crippen LogP contribution is -2.40. The Balaban J connectivity index is 1.55. The van der Waals surface area contributed by atoms with E-state index >= 15 is 0 Å². The van der Waals surface area contributed by atoms with Crippen LogP contribution >= 0.6 is 0 Å². The Bertz CT molecular complexity index is 317. The second-order valence-corrected chi connectivity index (χ2v) is 5.02. The molecule has 0 radical (unpaired) electrons. The fourth-order valence-corrected chi connectivity index (χ4v) is 2.02. The zero-order valence-electron chi connectivity index (χ0n) is 10.4. The minimum atomic E-state index is -0.821.